The second-order valence-electron chi connectivity index (χ2n) is 7.03. The quantitative estimate of drug-likeness (QED) is 0.763. The first-order valence-corrected chi connectivity index (χ1v) is 9.86. The van der Waals surface area contributed by atoms with Gasteiger partial charge >= 0.3 is 5.97 Å². The van der Waals surface area contributed by atoms with Gasteiger partial charge in [0.05, 0.1) is 10.6 Å². The maximum Gasteiger partial charge on any atom is 0.329 e. The monoisotopic (exact) mass is 414 g/mol. The predicted molar refractivity (Wildman–Crippen MR) is 109 cm³/mol. The van der Waals surface area contributed by atoms with Crippen LogP contribution in [0, 0.1) is 0 Å². The van der Waals surface area contributed by atoms with E-state index in [0.717, 1.165) is 12.0 Å². The summed E-state index contributed by atoms with van der Waals surface area (Å²) in [6.07, 6.45) is -0.167. The molecule has 1 N–H and O–H groups in total. The van der Waals surface area contributed by atoms with Crippen molar-refractivity contribution in [2.45, 2.75) is 39.0 Å². The van der Waals surface area contributed by atoms with Crippen LogP contribution in [0.1, 0.15) is 35.3 Å². The zero-order chi connectivity index (χ0) is 21.0. The number of halogens is 1. The zero-order valence-corrected chi connectivity index (χ0v) is 17.1. The molecule has 1 heterocycles. The van der Waals surface area contributed by atoms with Gasteiger partial charge in [-0.2, -0.15) is 0 Å². The molecule has 2 amide bonds. The molecular formula is C22H23ClN2O4. The number of ether oxygens (including phenoxy) is 1. The summed E-state index contributed by atoms with van der Waals surface area (Å²) in [6, 6.07) is 13.6. The maximum absolute atomic E-state index is 12.7. The summed E-state index contributed by atoms with van der Waals surface area (Å²) in [6.45, 7) is 4.13. The second-order valence-corrected chi connectivity index (χ2v) is 7.44. The van der Waals surface area contributed by atoms with Crippen LogP contribution in [-0.4, -0.2) is 41.4 Å². The Balaban J connectivity index is 1.55. The van der Waals surface area contributed by atoms with Crippen LogP contribution in [0.15, 0.2) is 48.5 Å². The van der Waals surface area contributed by atoms with E-state index in [-0.39, 0.29) is 11.5 Å². The molecule has 0 radical (unpaired) electrons. The number of nitrogens with zero attached hydrogens (tertiary/aromatic N) is 1. The third-order valence-corrected chi connectivity index (χ3v) is 5.23. The lowest BCUT2D eigenvalue weighted by Gasteiger charge is -2.31. The number of carbonyl (C=O) groups is 3. The standard InChI is InChI=1S/C22H23ClN2O4/c1-14(24-20(26)18-9-5-6-10-19(18)23)22(28)29-15(2)21(27)25-12-11-16-7-3-4-8-17(16)13-25/h3-10,14-15H,11-13H2,1-2H3,(H,24,26)/t14-,15-/m1/s1. The van der Waals surface area contributed by atoms with Crippen LogP contribution >= 0.6 is 11.6 Å². The summed E-state index contributed by atoms with van der Waals surface area (Å²) in [4.78, 5) is 39.0. The Kier molecular flexibility index (Phi) is 6.54. The third kappa shape index (κ3) is 4.95. The minimum atomic E-state index is -0.938. The Morgan fingerprint density at radius 1 is 1.03 bits per heavy atom. The van der Waals surface area contributed by atoms with Gasteiger partial charge in [-0.25, -0.2) is 4.79 Å². The van der Waals surface area contributed by atoms with Crippen molar-refractivity contribution in [3.63, 3.8) is 0 Å². The molecule has 0 aliphatic carbocycles. The van der Waals surface area contributed by atoms with Crippen LogP contribution in [0.3, 0.4) is 0 Å². The molecule has 2 aromatic rings. The van der Waals surface area contributed by atoms with Crippen LogP contribution in [0.5, 0.6) is 0 Å². The highest BCUT2D eigenvalue weighted by Gasteiger charge is 2.29. The van der Waals surface area contributed by atoms with Crippen molar-refractivity contribution in [1.82, 2.24) is 10.2 Å². The lowest BCUT2D eigenvalue weighted by atomic mass is 9.99. The number of amides is 2. The SMILES string of the molecule is C[C@@H](NC(=O)c1ccccc1Cl)C(=O)O[C@H](C)C(=O)N1CCc2ccccc2C1. The normalized spacial score (nSPS) is 15.1. The van der Waals surface area contributed by atoms with Gasteiger partial charge in [-0.3, -0.25) is 9.59 Å². The first kappa shape index (κ1) is 20.9. The predicted octanol–water partition coefficient (Wildman–Crippen LogP) is 2.97. The van der Waals surface area contributed by atoms with Gasteiger partial charge in [0.1, 0.15) is 6.04 Å². The Hall–Kier alpha value is -2.86. The Morgan fingerprint density at radius 3 is 2.41 bits per heavy atom. The van der Waals surface area contributed by atoms with Crippen LogP contribution in [-0.2, 0) is 27.3 Å². The molecule has 3 rings (SSSR count). The zero-order valence-electron chi connectivity index (χ0n) is 16.4. The minimum absolute atomic E-state index is 0.252. The van der Waals surface area contributed by atoms with E-state index in [2.05, 4.69) is 11.4 Å². The highest BCUT2D eigenvalue weighted by atomic mass is 35.5. The number of hydrogen-bond donors (Lipinski definition) is 1. The van der Waals surface area contributed by atoms with Crippen molar-refractivity contribution in [3.8, 4) is 0 Å². The first-order valence-electron chi connectivity index (χ1n) is 9.48. The molecule has 29 heavy (non-hydrogen) atoms. The van der Waals surface area contributed by atoms with E-state index in [1.807, 2.05) is 18.2 Å². The third-order valence-electron chi connectivity index (χ3n) is 4.90. The maximum atomic E-state index is 12.7. The van der Waals surface area contributed by atoms with Gasteiger partial charge < -0.3 is 15.0 Å². The van der Waals surface area contributed by atoms with E-state index in [1.165, 1.54) is 12.5 Å². The van der Waals surface area contributed by atoms with Gasteiger partial charge in [0.25, 0.3) is 11.8 Å². The lowest BCUT2D eigenvalue weighted by molar-refractivity contribution is -0.160. The number of rotatable bonds is 5. The van der Waals surface area contributed by atoms with Crippen molar-refractivity contribution < 1.29 is 19.1 Å². The molecule has 1 aliphatic rings. The lowest BCUT2D eigenvalue weighted by Crippen LogP contribution is -2.46. The van der Waals surface area contributed by atoms with E-state index in [1.54, 1.807) is 36.1 Å². The molecular weight excluding hydrogens is 392 g/mol. The fraction of sp³-hybridized carbons (Fsp3) is 0.318. The summed E-state index contributed by atoms with van der Waals surface area (Å²) in [5.41, 5.74) is 2.60. The average molecular weight is 415 g/mol. The molecule has 2 atom stereocenters. The smallest absolute Gasteiger partial charge is 0.329 e. The molecule has 6 nitrogen and oxygen atoms in total. The summed E-state index contributed by atoms with van der Waals surface area (Å²) in [7, 11) is 0. The molecule has 0 saturated carbocycles. The van der Waals surface area contributed by atoms with Gasteiger partial charge in [-0.1, -0.05) is 48.0 Å². The molecule has 0 spiro atoms. The van der Waals surface area contributed by atoms with E-state index in [0.29, 0.717) is 18.1 Å². The molecule has 0 unspecified atom stereocenters. The Labute approximate surface area is 174 Å². The number of hydrogen-bond acceptors (Lipinski definition) is 4. The van der Waals surface area contributed by atoms with E-state index in [9.17, 15) is 14.4 Å². The molecule has 0 fully saturated rings. The van der Waals surface area contributed by atoms with Gasteiger partial charge in [-0.05, 0) is 43.5 Å². The number of fused-ring (bicyclic) bond motifs is 1. The topological polar surface area (TPSA) is 75.7 Å². The van der Waals surface area contributed by atoms with Gasteiger partial charge in [0, 0.05) is 13.1 Å². The summed E-state index contributed by atoms with van der Waals surface area (Å²) in [5.74, 6) is -1.41. The molecule has 0 bridgehead atoms. The van der Waals surface area contributed by atoms with Crippen molar-refractivity contribution in [2.75, 3.05) is 6.54 Å². The Bertz CT molecular complexity index is 931. The molecule has 1 aliphatic heterocycles. The van der Waals surface area contributed by atoms with Gasteiger partial charge in [0.2, 0.25) is 0 Å². The average Bonchev–Trinajstić information content (AvgIpc) is 2.72. The van der Waals surface area contributed by atoms with E-state index in [4.69, 9.17) is 16.3 Å². The fourth-order valence-corrected chi connectivity index (χ4v) is 3.47. The van der Waals surface area contributed by atoms with Crippen molar-refractivity contribution in [1.29, 1.82) is 0 Å². The summed E-state index contributed by atoms with van der Waals surface area (Å²) in [5, 5.41) is 2.84. The molecule has 0 saturated heterocycles. The van der Waals surface area contributed by atoms with Crippen LogP contribution in [0.4, 0.5) is 0 Å². The number of benzene rings is 2. The van der Waals surface area contributed by atoms with Crippen molar-refractivity contribution in [2.24, 2.45) is 0 Å². The summed E-state index contributed by atoms with van der Waals surface area (Å²) < 4.78 is 5.30. The minimum Gasteiger partial charge on any atom is -0.451 e. The molecule has 2 aromatic carbocycles. The van der Waals surface area contributed by atoms with Crippen molar-refractivity contribution >= 4 is 29.4 Å². The number of nitrogens with one attached hydrogen (secondary N) is 1. The van der Waals surface area contributed by atoms with Gasteiger partial charge in [-0.15, -0.1) is 0 Å². The molecule has 152 valence electrons. The van der Waals surface area contributed by atoms with Crippen LogP contribution in [0.25, 0.3) is 0 Å². The summed E-state index contributed by atoms with van der Waals surface area (Å²) >= 11 is 6.00. The second kappa shape index (κ2) is 9.09. The largest absolute Gasteiger partial charge is 0.451 e. The number of carbonyl (C=O) groups excluding carboxylic acids is 3. The molecule has 0 aromatic heterocycles. The highest BCUT2D eigenvalue weighted by Crippen LogP contribution is 2.19. The van der Waals surface area contributed by atoms with Crippen LogP contribution in [0.2, 0.25) is 5.02 Å². The van der Waals surface area contributed by atoms with Crippen molar-refractivity contribution in [3.05, 3.63) is 70.2 Å². The van der Waals surface area contributed by atoms with Gasteiger partial charge in [0.15, 0.2) is 6.10 Å². The van der Waals surface area contributed by atoms with E-state index < -0.39 is 24.0 Å². The van der Waals surface area contributed by atoms with Crippen LogP contribution < -0.4 is 5.32 Å². The first-order chi connectivity index (χ1) is 13.9. The Morgan fingerprint density at radius 2 is 1.69 bits per heavy atom. The molecule has 7 heteroatoms. The fourth-order valence-electron chi connectivity index (χ4n) is 3.25. The van der Waals surface area contributed by atoms with E-state index >= 15 is 0 Å². The number of esters is 1. The highest BCUT2D eigenvalue weighted by molar-refractivity contribution is 6.33.